The maximum atomic E-state index is 11.8. The van der Waals surface area contributed by atoms with Crippen LogP contribution < -0.4 is 5.32 Å². The third-order valence-corrected chi connectivity index (χ3v) is 4.12. The fourth-order valence-corrected chi connectivity index (χ4v) is 2.65. The van der Waals surface area contributed by atoms with Crippen LogP contribution in [0.1, 0.15) is 27.2 Å². The van der Waals surface area contributed by atoms with Crippen molar-refractivity contribution in [1.82, 2.24) is 10.2 Å². The lowest BCUT2D eigenvalue weighted by atomic mass is 10.1. The fraction of sp³-hybridized carbons (Fsp3) is 0.900. The van der Waals surface area contributed by atoms with E-state index < -0.39 is 15.1 Å². The SMILES string of the molecule is CC(C)(C)NC(=O)N1CCC(S(C)(=O)=O)C1. The quantitative estimate of drug-likeness (QED) is 0.739. The minimum absolute atomic E-state index is 0.182. The van der Waals surface area contributed by atoms with Crippen molar-refractivity contribution in [2.75, 3.05) is 19.3 Å². The number of nitrogens with zero attached hydrogens (tertiary/aromatic N) is 1. The number of nitrogens with one attached hydrogen (secondary N) is 1. The zero-order valence-electron chi connectivity index (χ0n) is 10.3. The van der Waals surface area contributed by atoms with Gasteiger partial charge < -0.3 is 10.2 Å². The van der Waals surface area contributed by atoms with E-state index in [0.717, 1.165) is 0 Å². The number of sulfone groups is 1. The Balaban J connectivity index is 2.57. The first kappa shape index (κ1) is 13.3. The van der Waals surface area contributed by atoms with E-state index in [9.17, 15) is 13.2 Å². The van der Waals surface area contributed by atoms with Crippen molar-refractivity contribution in [2.45, 2.75) is 38.0 Å². The van der Waals surface area contributed by atoms with Crippen LogP contribution in [0.4, 0.5) is 4.79 Å². The smallest absolute Gasteiger partial charge is 0.317 e. The van der Waals surface area contributed by atoms with Crippen LogP contribution in [0.15, 0.2) is 0 Å². The molecule has 5 nitrogen and oxygen atoms in total. The van der Waals surface area contributed by atoms with E-state index in [0.29, 0.717) is 19.5 Å². The Labute approximate surface area is 97.1 Å². The molecular formula is C10H20N2O3S. The molecule has 1 aliphatic heterocycles. The Morgan fingerprint density at radius 2 is 1.94 bits per heavy atom. The lowest BCUT2D eigenvalue weighted by molar-refractivity contribution is 0.199. The molecule has 1 atom stereocenters. The first-order valence-electron chi connectivity index (χ1n) is 5.35. The van der Waals surface area contributed by atoms with Crippen molar-refractivity contribution >= 4 is 15.9 Å². The number of urea groups is 1. The second-order valence-electron chi connectivity index (χ2n) is 5.37. The summed E-state index contributed by atoms with van der Waals surface area (Å²) in [5.41, 5.74) is -0.291. The summed E-state index contributed by atoms with van der Waals surface area (Å²) in [6, 6.07) is -0.182. The average Bonchev–Trinajstić information content (AvgIpc) is 2.46. The van der Waals surface area contributed by atoms with Gasteiger partial charge in [-0.1, -0.05) is 0 Å². The Kier molecular flexibility index (Phi) is 3.52. The molecule has 0 aromatic rings. The second kappa shape index (κ2) is 4.24. The van der Waals surface area contributed by atoms with Gasteiger partial charge in [0, 0.05) is 24.9 Å². The van der Waals surface area contributed by atoms with Gasteiger partial charge in [-0.15, -0.1) is 0 Å². The van der Waals surface area contributed by atoms with Crippen LogP contribution in [-0.4, -0.2) is 49.5 Å². The number of carbonyl (C=O) groups is 1. The highest BCUT2D eigenvalue weighted by atomic mass is 32.2. The van der Waals surface area contributed by atoms with Gasteiger partial charge in [0.1, 0.15) is 0 Å². The number of rotatable bonds is 1. The molecule has 1 heterocycles. The van der Waals surface area contributed by atoms with Crippen LogP contribution >= 0.6 is 0 Å². The highest BCUT2D eigenvalue weighted by Crippen LogP contribution is 2.16. The van der Waals surface area contributed by atoms with E-state index in [1.54, 1.807) is 4.90 Å². The van der Waals surface area contributed by atoms with E-state index in [-0.39, 0.29) is 11.6 Å². The number of likely N-dealkylation sites (tertiary alicyclic amines) is 1. The molecule has 1 N–H and O–H groups in total. The third-order valence-electron chi connectivity index (χ3n) is 2.52. The van der Waals surface area contributed by atoms with Crippen LogP contribution in [0.25, 0.3) is 0 Å². The zero-order chi connectivity index (χ0) is 12.6. The molecule has 0 aromatic carbocycles. The molecule has 0 radical (unpaired) electrons. The molecule has 1 saturated heterocycles. The van der Waals surface area contributed by atoms with Crippen molar-refractivity contribution in [3.05, 3.63) is 0 Å². The van der Waals surface area contributed by atoms with Crippen molar-refractivity contribution in [2.24, 2.45) is 0 Å². The summed E-state index contributed by atoms with van der Waals surface area (Å²) in [4.78, 5) is 13.3. The molecular weight excluding hydrogens is 228 g/mol. The van der Waals surface area contributed by atoms with Gasteiger partial charge in [0.15, 0.2) is 9.84 Å². The van der Waals surface area contributed by atoms with Crippen molar-refractivity contribution < 1.29 is 13.2 Å². The Morgan fingerprint density at radius 1 is 1.38 bits per heavy atom. The summed E-state index contributed by atoms with van der Waals surface area (Å²) in [6.07, 6.45) is 1.76. The molecule has 1 unspecified atom stereocenters. The van der Waals surface area contributed by atoms with Gasteiger partial charge in [-0.3, -0.25) is 0 Å². The maximum Gasteiger partial charge on any atom is 0.317 e. The largest absolute Gasteiger partial charge is 0.333 e. The lowest BCUT2D eigenvalue weighted by Gasteiger charge is -2.25. The first-order valence-corrected chi connectivity index (χ1v) is 7.31. The molecule has 0 aliphatic carbocycles. The molecule has 1 rings (SSSR count). The summed E-state index contributed by atoms with van der Waals surface area (Å²) in [5.74, 6) is 0. The Bertz CT molecular complexity index is 370. The van der Waals surface area contributed by atoms with E-state index in [2.05, 4.69) is 5.32 Å². The minimum Gasteiger partial charge on any atom is -0.333 e. The molecule has 0 spiro atoms. The van der Waals surface area contributed by atoms with Crippen LogP contribution in [0.5, 0.6) is 0 Å². The molecule has 2 amide bonds. The Hall–Kier alpha value is -0.780. The number of carbonyl (C=O) groups excluding carboxylic acids is 1. The fourth-order valence-electron chi connectivity index (χ4n) is 1.66. The topological polar surface area (TPSA) is 66.5 Å². The molecule has 0 bridgehead atoms. The van der Waals surface area contributed by atoms with Crippen molar-refractivity contribution in [1.29, 1.82) is 0 Å². The first-order chi connectivity index (χ1) is 7.09. The van der Waals surface area contributed by atoms with Crippen molar-refractivity contribution in [3.63, 3.8) is 0 Å². The number of hydrogen-bond donors (Lipinski definition) is 1. The molecule has 94 valence electrons. The van der Waals surface area contributed by atoms with Gasteiger partial charge in [0.05, 0.1) is 5.25 Å². The van der Waals surface area contributed by atoms with Crippen LogP contribution in [0.2, 0.25) is 0 Å². The third kappa shape index (κ3) is 3.66. The molecule has 1 aliphatic rings. The minimum atomic E-state index is -3.03. The summed E-state index contributed by atoms with van der Waals surface area (Å²) in [6.45, 7) is 6.51. The Morgan fingerprint density at radius 3 is 2.31 bits per heavy atom. The molecule has 1 fully saturated rings. The average molecular weight is 248 g/mol. The summed E-state index contributed by atoms with van der Waals surface area (Å²) in [7, 11) is -3.03. The summed E-state index contributed by atoms with van der Waals surface area (Å²) in [5, 5.41) is 2.42. The van der Waals surface area contributed by atoms with Crippen LogP contribution in [0, 0.1) is 0 Å². The molecule has 6 heteroatoms. The van der Waals surface area contributed by atoms with E-state index in [4.69, 9.17) is 0 Å². The summed E-state index contributed by atoms with van der Waals surface area (Å²) < 4.78 is 22.7. The molecule has 16 heavy (non-hydrogen) atoms. The van der Waals surface area contributed by atoms with Gasteiger partial charge in [-0.05, 0) is 27.2 Å². The van der Waals surface area contributed by atoms with Gasteiger partial charge >= 0.3 is 6.03 Å². The van der Waals surface area contributed by atoms with E-state index in [1.807, 2.05) is 20.8 Å². The van der Waals surface area contributed by atoms with Gasteiger partial charge in [0.25, 0.3) is 0 Å². The van der Waals surface area contributed by atoms with Crippen LogP contribution in [-0.2, 0) is 9.84 Å². The standard InChI is InChI=1S/C10H20N2O3S/c1-10(2,3)11-9(13)12-6-5-8(7-12)16(4,14)15/h8H,5-7H2,1-4H3,(H,11,13). The highest BCUT2D eigenvalue weighted by molar-refractivity contribution is 7.91. The summed E-state index contributed by atoms with van der Waals surface area (Å²) >= 11 is 0. The normalized spacial score (nSPS) is 22.2. The zero-order valence-corrected chi connectivity index (χ0v) is 11.1. The number of amides is 2. The van der Waals surface area contributed by atoms with E-state index in [1.165, 1.54) is 6.26 Å². The predicted octanol–water partition coefficient (Wildman–Crippen LogP) is 0.613. The highest BCUT2D eigenvalue weighted by Gasteiger charge is 2.33. The molecule has 0 aromatic heterocycles. The maximum absolute atomic E-state index is 11.8. The lowest BCUT2D eigenvalue weighted by Crippen LogP contribution is -2.48. The van der Waals surface area contributed by atoms with Crippen molar-refractivity contribution in [3.8, 4) is 0 Å². The van der Waals surface area contributed by atoms with E-state index >= 15 is 0 Å². The predicted molar refractivity (Wildman–Crippen MR) is 63.1 cm³/mol. The molecule has 0 saturated carbocycles. The van der Waals surface area contributed by atoms with Gasteiger partial charge in [-0.25, -0.2) is 13.2 Å². The number of hydrogen-bond acceptors (Lipinski definition) is 3. The van der Waals surface area contributed by atoms with Crippen LogP contribution in [0.3, 0.4) is 0 Å². The second-order valence-corrected chi connectivity index (χ2v) is 7.69. The van der Waals surface area contributed by atoms with Gasteiger partial charge in [0.2, 0.25) is 0 Å². The van der Waals surface area contributed by atoms with Gasteiger partial charge in [-0.2, -0.15) is 0 Å². The monoisotopic (exact) mass is 248 g/mol.